The number of ether oxygens (including phenoxy) is 2. The Balaban J connectivity index is 2.29. The molecule has 2 heterocycles. The lowest BCUT2D eigenvalue weighted by Gasteiger charge is -2.32. The van der Waals surface area contributed by atoms with Crippen LogP contribution in [0.5, 0.6) is 0 Å². The molecular formula is C22H37N3O8S3. The minimum absolute atomic E-state index is 0.0274. The second kappa shape index (κ2) is 13.0. The van der Waals surface area contributed by atoms with Gasteiger partial charge in [-0.1, -0.05) is 13.8 Å². The van der Waals surface area contributed by atoms with E-state index >= 15 is 0 Å². The van der Waals surface area contributed by atoms with Crippen LogP contribution in [0.1, 0.15) is 59.1 Å². The minimum Gasteiger partial charge on any atom is -0.385 e. The van der Waals surface area contributed by atoms with E-state index in [4.69, 9.17) is 9.47 Å². The van der Waals surface area contributed by atoms with E-state index in [-0.39, 0.29) is 33.3 Å². The topological polar surface area (TPSA) is 148 Å². The van der Waals surface area contributed by atoms with E-state index in [2.05, 4.69) is 10.0 Å². The number of carbonyl (C=O) groups is 2. The lowest BCUT2D eigenvalue weighted by atomic mass is 10.1. The van der Waals surface area contributed by atoms with E-state index in [1.807, 2.05) is 6.92 Å². The normalized spacial score (nSPS) is 20.4. The summed E-state index contributed by atoms with van der Waals surface area (Å²) in [5.41, 5.74) is 0.396. The van der Waals surface area contributed by atoms with Crippen LogP contribution in [0.2, 0.25) is 0 Å². The van der Waals surface area contributed by atoms with Gasteiger partial charge in [-0.3, -0.25) is 9.59 Å². The van der Waals surface area contributed by atoms with Crippen molar-refractivity contribution in [2.75, 3.05) is 33.4 Å². The summed E-state index contributed by atoms with van der Waals surface area (Å²) in [6.07, 6.45) is -0.869. The summed E-state index contributed by atoms with van der Waals surface area (Å²) < 4.78 is 66.8. The molecule has 0 saturated heterocycles. The predicted molar refractivity (Wildman–Crippen MR) is 136 cm³/mol. The molecule has 14 heteroatoms. The highest BCUT2D eigenvalue weighted by atomic mass is 32.3. The minimum atomic E-state index is -4.21. The number of likely N-dealkylation sites (N-methyl/N-ethyl adjacent to an activating group) is 1. The van der Waals surface area contributed by atoms with Crippen molar-refractivity contribution >= 4 is 42.9 Å². The third kappa shape index (κ3) is 7.19. The standard InChI is InChI=1S/C22H37N3O8S3/c1-7-19(15(4)26)33-16(5)21(27)14(3)24-35(28,29)20-12-17-18(23-8-2)13-25(10-9-11-32-6)36(30,31)22(17)34-20/h12,14,16,18-19,23-24H,7-11,13H2,1-6H3/t14?,16-,18-,19?/m0/s1. The maximum Gasteiger partial charge on any atom is 0.252 e. The molecule has 36 heavy (non-hydrogen) atoms. The summed E-state index contributed by atoms with van der Waals surface area (Å²) in [6.45, 7) is 9.24. The Labute approximate surface area is 218 Å². The average Bonchev–Trinajstić information content (AvgIpc) is 3.27. The van der Waals surface area contributed by atoms with Crippen molar-refractivity contribution in [1.29, 1.82) is 0 Å². The molecule has 1 aliphatic heterocycles. The third-order valence-electron chi connectivity index (χ3n) is 5.86. The molecule has 2 unspecified atom stereocenters. The van der Waals surface area contributed by atoms with Crippen molar-refractivity contribution in [3.05, 3.63) is 11.6 Å². The molecule has 1 aromatic heterocycles. The first-order valence-electron chi connectivity index (χ1n) is 11.9. The van der Waals surface area contributed by atoms with E-state index in [0.29, 0.717) is 42.9 Å². The zero-order chi connectivity index (χ0) is 27.3. The largest absolute Gasteiger partial charge is 0.385 e. The number of fused-ring (bicyclic) bond motifs is 1. The van der Waals surface area contributed by atoms with Crippen molar-refractivity contribution in [2.45, 2.75) is 80.2 Å². The van der Waals surface area contributed by atoms with Gasteiger partial charge in [0.2, 0.25) is 0 Å². The van der Waals surface area contributed by atoms with E-state index in [1.165, 1.54) is 38.3 Å². The highest BCUT2D eigenvalue weighted by molar-refractivity contribution is 7.94. The van der Waals surface area contributed by atoms with Crippen LogP contribution in [-0.2, 0) is 39.1 Å². The molecule has 4 atom stereocenters. The molecule has 0 spiro atoms. The highest BCUT2D eigenvalue weighted by Gasteiger charge is 2.40. The van der Waals surface area contributed by atoms with Crippen LogP contribution in [0.25, 0.3) is 0 Å². The third-order valence-corrected chi connectivity index (χ3v) is 11.4. The summed E-state index contributed by atoms with van der Waals surface area (Å²) in [6, 6.07) is -0.165. The summed E-state index contributed by atoms with van der Waals surface area (Å²) in [7, 11) is -6.57. The number of methoxy groups -OCH3 is 1. The molecule has 0 aromatic carbocycles. The number of carbonyl (C=O) groups excluding carboxylic acids is 2. The first-order chi connectivity index (χ1) is 16.8. The maximum absolute atomic E-state index is 13.2. The summed E-state index contributed by atoms with van der Waals surface area (Å²) in [5.74, 6) is -0.760. The van der Waals surface area contributed by atoms with Crippen LogP contribution >= 0.6 is 11.3 Å². The molecule has 0 aliphatic carbocycles. The number of rotatable bonds is 15. The molecule has 1 aliphatic rings. The number of Topliss-reactive ketones (excluding diaryl/α,β-unsaturated/α-hetero) is 2. The van der Waals surface area contributed by atoms with Crippen LogP contribution in [0, 0.1) is 0 Å². The lowest BCUT2D eigenvalue weighted by Crippen LogP contribution is -2.44. The smallest absolute Gasteiger partial charge is 0.252 e. The quantitative estimate of drug-likeness (QED) is 0.300. The van der Waals surface area contributed by atoms with Crippen molar-refractivity contribution in [1.82, 2.24) is 14.3 Å². The fourth-order valence-electron chi connectivity index (χ4n) is 3.97. The molecule has 0 fully saturated rings. The number of ketones is 2. The Kier molecular flexibility index (Phi) is 11.2. The van der Waals surface area contributed by atoms with Gasteiger partial charge in [0.25, 0.3) is 20.0 Å². The predicted octanol–water partition coefficient (Wildman–Crippen LogP) is 1.45. The molecule has 11 nitrogen and oxygen atoms in total. The zero-order valence-corrected chi connectivity index (χ0v) is 24.0. The number of hydrogen-bond donors (Lipinski definition) is 2. The molecule has 1 aromatic rings. The second-order valence-corrected chi connectivity index (χ2v) is 13.8. The summed E-state index contributed by atoms with van der Waals surface area (Å²) in [4.78, 5) is 24.4. The van der Waals surface area contributed by atoms with Gasteiger partial charge in [-0.25, -0.2) is 21.6 Å². The van der Waals surface area contributed by atoms with Crippen molar-refractivity contribution in [3.63, 3.8) is 0 Å². The molecule has 0 saturated carbocycles. The number of nitrogens with zero attached hydrogens (tertiary/aromatic N) is 1. The second-order valence-electron chi connectivity index (χ2n) is 8.66. The zero-order valence-electron chi connectivity index (χ0n) is 21.6. The van der Waals surface area contributed by atoms with Crippen LogP contribution in [-0.4, -0.2) is 84.3 Å². The van der Waals surface area contributed by atoms with Crippen LogP contribution in [0.3, 0.4) is 0 Å². The van der Waals surface area contributed by atoms with Crippen LogP contribution in [0.15, 0.2) is 14.5 Å². The molecule has 0 amide bonds. The number of thiophene rings is 1. The Hall–Kier alpha value is -1.26. The van der Waals surface area contributed by atoms with Gasteiger partial charge in [0.15, 0.2) is 11.6 Å². The number of sulfonamides is 2. The van der Waals surface area contributed by atoms with Crippen LogP contribution < -0.4 is 10.0 Å². The van der Waals surface area contributed by atoms with Gasteiger partial charge in [-0.05, 0) is 46.2 Å². The van der Waals surface area contributed by atoms with Crippen LogP contribution in [0.4, 0.5) is 0 Å². The molecule has 2 rings (SSSR count). The maximum atomic E-state index is 13.2. The van der Waals surface area contributed by atoms with Gasteiger partial charge in [0.05, 0.1) is 6.04 Å². The van der Waals surface area contributed by atoms with E-state index in [1.54, 1.807) is 6.92 Å². The SMILES string of the molecule is CCN[C@H]1CN(CCCOC)S(=O)(=O)c2sc(S(=O)(=O)NC(C)C(=O)[C@H](C)OC(CC)C(C)=O)cc21. The lowest BCUT2D eigenvalue weighted by molar-refractivity contribution is -0.142. The first kappa shape index (κ1) is 31.0. The monoisotopic (exact) mass is 567 g/mol. The van der Waals surface area contributed by atoms with Gasteiger partial charge < -0.3 is 14.8 Å². The van der Waals surface area contributed by atoms with E-state index in [9.17, 15) is 26.4 Å². The van der Waals surface area contributed by atoms with Crippen molar-refractivity contribution < 1.29 is 35.9 Å². The van der Waals surface area contributed by atoms with Crippen molar-refractivity contribution in [2.24, 2.45) is 0 Å². The van der Waals surface area contributed by atoms with Crippen molar-refractivity contribution in [3.8, 4) is 0 Å². The molecule has 0 bridgehead atoms. The molecule has 2 N–H and O–H groups in total. The molecule has 206 valence electrons. The summed E-state index contributed by atoms with van der Waals surface area (Å²) >= 11 is 0.664. The molecule has 0 radical (unpaired) electrons. The average molecular weight is 568 g/mol. The van der Waals surface area contributed by atoms with Gasteiger partial charge in [-0.15, -0.1) is 11.3 Å². The Morgan fingerprint density at radius 3 is 2.50 bits per heavy atom. The Morgan fingerprint density at radius 2 is 1.94 bits per heavy atom. The fraction of sp³-hybridized carbons (Fsp3) is 0.727. The van der Waals surface area contributed by atoms with Gasteiger partial charge in [0, 0.05) is 38.4 Å². The van der Waals surface area contributed by atoms with E-state index < -0.39 is 44.1 Å². The number of hydrogen-bond acceptors (Lipinski definition) is 10. The van der Waals surface area contributed by atoms with Gasteiger partial charge in [-0.2, -0.15) is 4.31 Å². The first-order valence-corrected chi connectivity index (χ1v) is 15.6. The van der Waals surface area contributed by atoms with Gasteiger partial charge in [0.1, 0.15) is 20.6 Å². The Bertz CT molecular complexity index is 1130. The number of nitrogens with one attached hydrogen (secondary N) is 2. The Morgan fingerprint density at radius 1 is 1.28 bits per heavy atom. The van der Waals surface area contributed by atoms with Gasteiger partial charge >= 0.3 is 0 Å². The highest BCUT2D eigenvalue weighted by Crippen LogP contribution is 2.40. The molecular weight excluding hydrogens is 530 g/mol. The fourth-order valence-corrected chi connectivity index (χ4v) is 9.09. The van der Waals surface area contributed by atoms with E-state index in [0.717, 1.165) is 0 Å². The summed E-state index contributed by atoms with van der Waals surface area (Å²) in [5, 5.41) is 3.23.